The first-order valence-electron chi connectivity index (χ1n) is 11.8. The first-order chi connectivity index (χ1) is 18.0. The number of anilines is 2. The average molecular weight is 517 g/mol. The molecular weight excluding hydrogens is 491 g/mol. The zero-order chi connectivity index (χ0) is 25.8. The Morgan fingerprint density at radius 2 is 1.97 bits per heavy atom. The molecule has 8 nitrogen and oxygen atoms in total. The van der Waals surface area contributed by atoms with Gasteiger partial charge in [0, 0.05) is 17.6 Å². The number of carbonyl (C=O) groups excluding carboxylic acids is 1. The van der Waals surface area contributed by atoms with E-state index in [1.807, 2.05) is 38.1 Å². The summed E-state index contributed by atoms with van der Waals surface area (Å²) in [6.45, 7) is 4.32. The van der Waals surface area contributed by atoms with Gasteiger partial charge in [-0.2, -0.15) is 4.98 Å². The van der Waals surface area contributed by atoms with E-state index in [1.165, 1.54) is 17.8 Å². The highest BCUT2D eigenvalue weighted by atomic mass is 32.2. The van der Waals surface area contributed by atoms with E-state index in [9.17, 15) is 9.18 Å². The Bertz CT molecular complexity index is 1440. The lowest BCUT2D eigenvalue weighted by Crippen LogP contribution is -2.31. The van der Waals surface area contributed by atoms with Crippen LogP contribution in [-0.4, -0.2) is 32.3 Å². The lowest BCUT2D eigenvalue weighted by Gasteiger charge is -2.28. The summed E-state index contributed by atoms with van der Waals surface area (Å²) in [7, 11) is 0. The summed E-state index contributed by atoms with van der Waals surface area (Å²) >= 11 is 1.33. The third kappa shape index (κ3) is 5.34. The molecule has 0 aliphatic carbocycles. The van der Waals surface area contributed by atoms with Crippen molar-refractivity contribution in [1.29, 1.82) is 0 Å². The van der Waals surface area contributed by atoms with Crippen molar-refractivity contribution in [3.8, 4) is 5.75 Å². The van der Waals surface area contributed by atoms with E-state index in [1.54, 1.807) is 47.4 Å². The Labute approximate surface area is 218 Å². The van der Waals surface area contributed by atoms with E-state index in [4.69, 9.17) is 9.84 Å². The molecule has 1 aliphatic heterocycles. The fourth-order valence-electron chi connectivity index (χ4n) is 4.10. The molecule has 1 atom stereocenters. The number of hydrogen-bond donors (Lipinski definition) is 2. The summed E-state index contributed by atoms with van der Waals surface area (Å²) < 4.78 is 21.4. The number of fused-ring (bicyclic) bond motifs is 1. The number of benzene rings is 2. The second-order valence-electron chi connectivity index (χ2n) is 8.31. The summed E-state index contributed by atoms with van der Waals surface area (Å²) in [6.07, 6.45) is 3.24. The minimum Gasteiger partial charge on any atom is -0.494 e. The van der Waals surface area contributed by atoms with Crippen LogP contribution in [0.5, 0.6) is 5.75 Å². The second kappa shape index (κ2) is 10.8. The number of nitrogens with zero attached hydrogens (tertiary/aromatic N) is 4. The van der Waals surface area contributed by atoms with Gasteiger partial charge in [0.2, 0.25) is 11.1 Å². The molecule has 0 saturated carbocycles. The molecule has 3 heterocycles. The molecule has 0 radical (unpaired) electrons. The molecule has 188 valence electrons. The molecule has 1 amide bonds. The van der Waals surface area contributed by atoms with E-state index in [0.717, 1.165) is 11.3 Å². The van der Waals surface area contributed by atoms with Crippen LogP contribution >= 0.6 is 11.8 Å². The summed E-state index contributed by atoms with van der Waals surface area (Å²) in [6, 6.07) is 17.2. The van der Waals surface area contributed by atoms with Crippen molar-refractivity contribution in [3.63, 3.8) is 0 Å². The predicted molar refractivity (Wildman–Crippen MR) is 141 cm³/mol. The van der Waals surface area contributed by atoms with Gasteiger partial charge in [0.25, 0.3) is 5.91 Å². The highest BCUT2D eigenvalue weighted by Gasteiger charge is 2.34. The standard InChI is InChI=1S/C27H25FN6O2S/c1-3-36-21-12-10-18(11-13-21)24-23(25(35)31-20-8-6-14-29-15-20)17(2)30-26-32-27(33-34(24)26)37-16-19-7-4-5-9-22(19)28/h4-15,24H,3,16H2,1-2H3,(H,31,35)(H,30,32,33)/t24-/m1/s1. The van der Waals surface area contributed by atoms with Gasteiger partial charge in [-0.1, -0.05) is 42.1 Å². The van der Waals surface area contributed by atoms with Crippen molar-refractivity contribution in [2.24, 2.45) is 0 Å². The maximum absolute atomic E-state index is 14.1. The smallest absolute Gasteiger partial charge is 0.255 e. The normalized spacial score (nSPS) is 14.6. The summed E-state index contributed by atoms with van der Waals surface area (Å²) in [5.41, 5.74) is 3.16. The van der Waals surface area contributed by atoms with Crippen LogP contribution in [0.25, 0.3) is 0 Å². The van der Waals surface area contributed by atoms with E-state index >= 15 is 0 Å². The number of thioether (sulfide) groups is 1. The Morgan fingerprint density at radius 3 is 2.70 bits per heavy atom. The van der Waals surface area contributed by atoms with Gasteiger partial charge in [0.1, 0.15) is 17.6 Å². The minimum atomic E-state index is -0.543. The number of hydrogen-bond acceptors (Lipinski definition) is 7. The quantitative estimate of drug-likeness (QED) is 0.302. The number of pyridine rings is 1. The summed E-state index contributed by atoms with van der Waals surface area (Å²) in [4.78, 5) is 22.2. The zero-order valence-electron chi connectivity index (χ0n) is 20.3. The van der Waals surface area contributed by atoms with E-state index in [2.05, 4.69) is 20.6 Å². The van der Waals surface area contributed by atoms with Crippen molar-refractivity contribution in [2.75, 3.05) is 17.2 Å². The first-order valence-corrected chi connectivity index (χ1v) is 12.8. The van der Waals surface area contributed by atoms with Gasteiger partial charge >= 0.3 is 0 Å². The van der Waals surface area contributed by atoms with Gasteiger partial charge in [-0.05, 0) is 55.3 Å². The third-order valence-corrected chi connectivity index (χ3v) is 6.71. The molecule has 10 heteroatoms. The fraction of sp³-hybridized carbons (Fsp3) is 0.185. The summed E-state index contributed by atoms with van der Waals surface area (Å²) in [5, 5.41) is 11.3. The van der Waals surface area contributed by atoms with Crippen molar-refractivity contribution in [3.05, 3.63) is 101 Å². The van der Waals surface area contributed by atoms with Crippen LogP contribution in [0, 0.1) is 5.82 Å². The SMILES string of the molecule is CCOc1ccc([C@@H]2C(C(=O)Nc3cccnc3)=C(C)Nc3nc(SCc4ccccc4F)nn32)cc1. The van der Waals surface area contributed by atoms with Gasteiger partial charge in [0.05, 0.1) is 24.1 Å². The van der Waals surface area contributed by atoms with Crippen LogP contribution < -0.4 is 15.4 Å². The fourth-order valence-corrected chi connectivity index (χ4v) is 4.92. The number of allylic oxidation sites excluding steroid dienone is 1. The number of rotatable bonds is 8. The van der Waals surface area contributed by atoms with Crippen molar-refractivity contribution >= 4 is 29.3 Å². The molecule has 2 aromatic carbocycles. The first kappa shape index (κ1) is 24.5. The molecular formula is C27H25FN6O2S. The van der Waals surface area contributed by atoms with E-state index in [-0.39, 0.29) is 11.7 Å². The van der Waals surface area contributed by atoms with Crippen LogP contribution in [0.4, 0.5) is 16.0 Å². The van der Waals surface area contributed by atoms with Gasteiger partial charge < -0.3 is 15.4 Å². The topological polar surface area (TPSA) is 94.0 Å². The Morgan fingerprint density at radius 1 is 1.16 bits per heavy atom. The lowest BCUT2D eigenvalue weighted by atomic mass is 9.95. The van der Waals surface area contributed by atoms with Crippen LogP contribution in [0.15, 0.2) is 89.5 Å². The largest absolute Gasteiger partial charge is 0.494 e. The van der Waals surface area contributed by atoms with Gasteiger partial charge in [-0.15, -0.1) is 5.10 Å². The Hall–Kier alpha value is -4.18. The molecule has 0 unspecified atom stereocenters. The third-order valence-electron chi connectivity index (χ3n) is 5.82. The highest BCUT2D eigenvalue weighted by molar-refractivity contribution is 7.98. The predicted octanol–water partition coefficient (Wildman–Crippen LogP) is 5.43. The molecule has 2 N–H and O–H groups in total. The summed E-state index contributed by atoms with van der Waals surface area (Å²) in [5.74, 6) is 1.08. The van der Waals surface area contributed by atoms with Crippen molar-refractivity contribution in [1.82, 2.24) is 19.7 Å². The molecule has 4 aromatic rings. The number of carbonyl (C=O) groups is 1. The minimum absolute atomic E-state index is 0.267. The molecule has 0 saturated heterocycles. The average Bonchev–Trinajstić information content (AvgIpc) is 3.31. The Balaban J connectivity index is 1.49. The number of ether oxygens (including phenoxy) is 1. The van der Waals surface area contributed by atoms with Gasteiger partial charge in [-0.3, -0.25) is 9.78 Å². The maximum atomic E-state index is 14.1. The second-order valence-corrected chi connectivity index (χ2v) is 9.25. The highest BCUT2D eigenvalue weighted by Crippen LogP contribution is 2.37. The zero-order valence-corrected chi connectivity index (χ0v) is 21.1. The number of amides is 1. The van der Waals surface area contributed by atoms with E-state index < -0.39 is 6.04 Å². The van der Waals surface area contributed by atoms with E-state index in [0.29, 0.717) is 46.0 Å². The lowest BCUT2D eigenvalue weighted by molar-refractivity contribution is -0.113. The van der Waals surface area contributed by atoms with Crippen LogP contribution in [0.3, 0.4) is 0 Å². The molecule has 2 aromatic heterocycles. The molecule has 37 heavy (non-hydrogen) atoms. The molecule has 0 fully saturated rings. The van der Waals surface area contributed by atoms with Crippen molar-refractivity contribution < 1.29 is 13.9 Å². The molecule has 5 rings (SSSR count). The number of halogens is 1. The molecule has 0 spiro atoms. The number of aromatic nitrogens is 4. The van der Waals surface area contributed by atoms with Gasteiger partial charge in [-0.25, -0.2) is 9.07 Å². The molecule has 0 bridgehead atoms. The number of nitrogens with one attached hydrogen (secondary N) is 2. The van der Waals surface area contributed by atoms with Crippen LogP contribution in [-0.2, 0) is 10.5 Å². The van der Waals surface area contributed by atoms with Crippen LogP contribution in [0.1, 0.15) is 31.0 Å². The molecule has 1 aliphatic rings. The van der Waals surface area contributed by atoms with Crippen molar-refractivity contribution in [2.45, 2.75) is 30.8 Å². The van der Waals surface area contributed by atoms with Crippen LogP contribution in [0.2, 0.25) is 0 Å². The maximum Gasteiger partial charge on any atom is 0.255 e. The monoisotopic (exact) mass is 516 g/mol. The Kier molecular flexibility index (Phi) is 7.18. The van der Waals surface area contributed by atoms with Gasteiger partial charge in [0.15, 0.2) is 0 Å².